The van der Waals surface area contributed by atoms with Gasteiger partial charge in [0, 0.05) is 13.5 Å². The molecular formula is C8H12ClF2N3O. The van der Waals surface area contributed by atoms with Crippen molar-refractivity contribution >= 4 is 11.6 Å². The standard InChI is InChI=1S/C8H12ClF2N3O/c1-14-7(12-13-8(14)4-9)2-3-15-5-6(10)11/h6H,2-5H2,1H3. The first-order valence-electron chi connectivity index (χ1n) is 4.44. The van der Waals surface area contributed by atoms with Crippen LogP contribution in [0.5, 0.6) is 0 Å². The monoisotopic (exact) mass is 239 g/mol. The Bertz CT molecular complexity index is 306. The number of hydrogen-bond acceptors (Lipinski definition) is 3. The predicted molar refractivity (Wildman–Crippen MR) is 51.1 cm³/mol. The Kier molecular flexibility index (Phi) is 4.90. The molecule has 1 aromatic rings. The van der Waals surface area contributed by atoms with Gasteiger partial charge >= 0.3 is 0 Å². The van der Waals surface area contributed by atoms with Gasteiger partial charge in [0.2, 0.25) is 0 Å². The van der Waals surface area contributed by atoms with Crippen LogP contribution in [0.3, 0.4) is 0 Å². The van der Waals surface area contributed by atoms with Crippen LogP contribution in [-0.4, -0.2) is 34.4 Å². The van der Waals surface area contributed by atoms with Crippen molar-refractivity contribution < 1.29 is 13.5 Å². The summed E-state index contributed by atoms with van der Waals surface area (Å²) >= 11 is 5.59. The molecule has 0 aliphatic carbocycles. The molecule has 4 nitrogen and oxygen atoms in total. The summed E-state index contributed by atoms with van der Waals surface area (Å²) in [5, 5.41) is 7.69. The molecule has 0 aromatic carbocycles. The number of alkyl halides is 3. The molecule has 0 atom stereocenters. The molecule has 15 heavy (non-hydrogen) atoms. The van der Waals surface area contributed by atoms with E-state index in [4.69, 9.17) is 16.3 Å². The summed E-state index contributed by atoms with van der Waals surface area (Å²) in [5.41, 5.74) is 0. The van der Waals surface area contributed by atoms with E-state index in [1.54, 1.807) is 11.6 Å². The Morgan fingerprint density at radius 1 is 1.40 bits per heavy atom. The van der Waals surface area contributed by atoms with E-state index in [2.05, 4.69) is 10.2 Å². The lowest BCUT2D eigenvalue weighted by atomic mass is 10.4. The molecule has 1 rings (SSSR count). The van der Waals surface area contributed by atoms with Crippen LogP contribution < -0.4 is 0 Å². The third kappa shape index (κ3) is 3.71. The minimum absolute atomic E-state index is 0.207. The summed E-state index contributed by atoms with van der Waals surface area (Å²) in [4.78, 5) is 0. The molecule has 1 heterocycles. The van der Waals surface area contributed by atoms with Crippen LogP contribution >= 0.6 is 11.6 Å². The second kappa shape index (κ2) is 5.97. The highest BCUT2D eigenvalue weighted by atomic mass is 35.5. The number of hydrogen-bond donors (Lipinski definition) is 0. The van der Waals surface area contributed by atoms with Crippen LogP contribution in [-0.2, 0) is 24.1 Å². The minimum atomic E-state index is -2.43. The minimum Gasteiger partial charge on any atom is -0.375 e. The number of aromatic nitrogens is 3. The molecule has 0 spiro atoms. The van der Waals surface area contributed by atoms with Crippen molar-refractivity contribution in [2.24, 2.45) is 7.05 Å². The zero-order valence-electron chi connectivity index (χ0n) is 8.29. The largest absolute Gasteiger partial charge is 0.375 e. The van der Waals surface area contributed by atoms with Crippen LogP contribution in [0.25, 0.3) is 0 Å². The van der Waals surface area contributed by atoms with Gasteiger partial charge in [-0.25, -0.2) is 8.78 Å². The Morgan fingerprint density at radius 3 is 2.60 bits per heavy atom. The summed E-state index contributed by atoms with van der Waals surface area (Å²) in [6.45, 7) is -0.335. The SMILES string of the molecule is Cn1c(CCl)nnc1CCOCC(F)F. The fourth-order valence-corrected chi connectivity index (χ4v) is 1.30. The van der Waals surface area contributed by atoms with E-state index in [1.165, 1.54) is 0 Å². The lowest BCUT2D eigenvalue weighted by Gasteiger charge is -2.03. The first-order valence-corrected chi connectivity index (χ1v) is 4.97. The average Bonchev–Trinajstić information content (AvgIpc) is 2.54. The summed E-state index contributed by atoms with van der Waals surface area (Å²) in [5.74, 6) is 1.61. The van der Waals surface area contributed by atoms with Crippen LogP contribution in [0.15, 0.2) is 0 Å². The first kappa shape index (κ1) is 12.3. The molecule has 7 heteroatoms. The first-order chi connectivity index (χ1) is 7.15. The highest BCUT2D eigenvalue weighted by Crippen LogP contribution is 2.03. The molecule has 0 aliphatic rings. The molecule has 1 aromatic heterocycles. The van der Waals surface area contributed by atoms with E-state index in [-0.39, 0.29) is 12.5 Å². The van der Waals surface area contributed by atoms with Crippen LogP contribution in [0.4, 0.5) is 8.78 Å². The van der Waals surface area contributed by atoms with Crippen molar-refractivity contribution in [3.63, 3.8) is 0 Å². The molecular weight excluding hydrogens is 228 g/mol. The Labute approximate surface area is 91.2 Å². The molecule has 0 N–H and O–H groups in total. The number of rotatable bonds is 6. The van der Waals surface area contributed by atoms with Gasteiger partial charge in [-0.1, -0.05) is 0 Å². The molecule has 0 unspecified atom stereocenters. The highest BCUT2D eigenvalue weighted by molar-refractivity contribution is 6.16. The Morgan fingerprint density at radius 2 is 2.07 bits per heavy atom. The van der Waals surface area contributed by atoms with Gasteiger partial charge in [0.15, 0.2) is 0 Å². The van der Waals surface area contributed by atoms with Crippen LogP contribution in [0.2, 0.25) is 0 Å². The Hall–Kier alpha value is -0.750. The summed E-state index contributed by atoms with van der Waals surface area (Å²) in [6.07, 6.45) is -1.98. The second-order valence-electron chi connectivity index (χ2n) is 2.94. The van der Waals surface area contributed by atoms with E-state index in [1.807, 2.05) is 0 Å². The molecule has 0 bridgehead atoms. The predicted octanol–water partition coefficient (Wildman–Crippen LogP) is 1.38. The van der Waals surface area contributed by atoms with Crippen molar-refractivity contribution in [3.8, 4) is 0 Å². The van der Waals surface area contributed by atoms with Gasteiger partial charge in [-0.05, 0) is 0 Å². The fraction of sp³-hybridized carbons (Fsp3) is 0.750. The van der Waals surface area contributed by atoms with Crippen molar-refractivity contribution in [2.75, 3.05) is 13.2 Å². The lowest BCUT2D eigenvalue weighted by molar-refractivity contribution is 0.0181. The maximum Gasteiger partial charge on any atom is 0.261 e. The summed E-state index contributed by atoms with van der Waals surface area (Å²) in [6, 6.07) is 0. The van der Waals surface area contributed by atoms with Gasteiger partial charge in [0.25, 0.3) is 6.43 Å². The van der Waals surface area contributed by atoms with E-state index >= 15 is 0 Å². The van der Waals surface area contributed by atoms with Crippen molar-refractivity contribution in [3.05, 3.63) is 11.6 Å². The fourth-order valence-electron chi connectivity index (χ4n) is 1.07. The molecule has 0 radical (unpaired) electrons. The molecule has 0 aliphatic heterocycles. The topological polar surface area (TPSA) is 39.9 Å². The number of halogens is 3. The van der Waals surface area contributed by atoms with E-state index in [0.717, 1.165) is 0 Å². The molecule has 86 valence electrons. The normalized spacial score (nSPS) is 11.3. The zero-order chi connectivity index (χ0) is 11.3. The smallest absolute Gasteiger partial charge is 0.261 e. The molecule has 0 fully saturated rings. The van der Waals surface area contributed by atoms with Crippen molar-refractivity contribution in [2.45, 2.75) is 18.7 Å². The average molecular weight is 240 g/mol. The molecule has 0 saturated carbocycles. The third-order valence-electron chi connectivity index (χ3n) is 1.89. The molecule has 0 amide bonds. The number of nitrogens with zero attached hydrogens (tertiary/aromatic N) is 3. The van der Waals surface area contributed by atoms with Gasteiger partial charge in [0.05, 0.1) is 12.5 Å². The summed E-state index contributed by atoms with van der Waals surface area (Å²) in [7, 11) is 1.78. The van der Waals surface area contributed by atoms with Gasteiger partial charge in [-0.3, -0.25) is 0 Å². The van der Waals surface area contributed by atoms with E-state index in [0.29, 0.717) is 18.1 Å². The Balaban J connectivity index is 2.34. The van der Waals surface area contributed by atoms with Gasteiger partial charge in [-0.15, -0.1) is 21.8 Å². The maximum absolute atomic E-state index is 11.7. The second-order valence-corrected chi connectivity index (χ2v) is 3.21. The quantitative estimate of drug-likeness (QED) is 0.556. The van der Waals surface area contributed by atoms with E-state index < -0.39 is 13.0 Å². The number of ether oxygens (including phenoxy) is 1. The third-order valence-corrected chi connectivity index (χ3v) is 2.13. The van der Waals surface area contributed by atoms with Gasteiger partial charge in [-0.2, -0.15) is 0 Å². The lowest BCUT2D eigenvalue weighted by Crippen LogP contribution is -2.09. The summed E-state index contributed by atoms with van der Waals surface area (Å²) < 4.78 is 29.9. The van der Waals surface area contributed by atoms with Crippen molar-refractivity contribution in [1.29, 1.82) is 0 Å². The maximum atomic E-state index is 11.7. The van der Waals surface area contributed by atoms with Gasteiger partial charge in [0.1, 0.15) is 18.3 Å². The van der Waals surface area contributed by atoms with Gasteiger partial charge < -0.3 is 9.30 Å². The van der Waals surface area contributed by atoms with E-state index in [9.17, 15) is 8.78 Å². The van der Waals surface area contributed by atoms with Crippen molar-refractivity contribution in [1.82, 2.24) is 14.8 Å². The zero-order valence-corrected chi connectivity index (χ0v) is 9.05. The van der Waals surface area contributed by atoms with Crippen LogP contribution in [0.1, 0.15) is 11.6 Å². The van der Waals surface area contributed by atoms with Crippen LogP contribution in [0, 0.1) is 0 Å². The highest BCUT2D eigenvalue weighted by Gasteiger charge is 2.08. The molecule has 0 saturated heterocycles.